The Balaban J connectivity index is 1.70. The van der Waals surface area contributed by atoms with Crippen LogP contribution in [0.5, 0.6) is 5.75 Å². The summed E-state index contributed by atoms with van der Waals surface area (Å²) in [5.41, 5.74) is -0.981. The molecule has 3 rings (SSSR count). The van der Waals surface area contributed by atoms with Crippen molar-refractivity contribution in [1.82, 2.24) is 10.2 Å². The Morgan fingerprint density at radius 2 is 1.86 bits per heavy atom. The quantitative estimate of drug-likeness (QED) is 0.432. The predicted octanol–water partition coefficient (Wildman–Crippen LogP) is 3.75. The first-order valence-electron chi connectivity index (χ1n) is 8.19. The van der Waals surface area contributed by atoms with Crippen LogP contribution in [0.3, 0.4) is 0 Å². The van der Waals surface area contributed by atoms with Crippen molar-refractivity contribution in [2.24, 2.45) is 0 Å². The summed E-state index contributed by atoms with van der Waals surface area (Å²) in [6.07, 6.45) is 0. The van der Waals surface area contributed by atoms with E-state index in [2.05, 4.69) is 5.32 Å². The van der Waals surface area contributed by atoms with Gasteiger partial charge in [0.25, 0.3) is 11.6 Å². The molecule has 1 N–H and O–H groups in total. The Morgan fingerprint density at radius 3 is 2.50 bits per heavy atom. The number of nitrogens with one attached hydrogen (secondary N) is 1. The van der Waals surface area contributed by atoms with E-state index in [4.69, 9.17) is 27.9 Å². The van der Waals surface area contributed by atoms with Gasteiger partial charge in [0.05, 0.1) is 16.5 Å². The van der Waals surface area contributed by atoms with E-state index in [1.54, 1.807) is 19.1 Å². The molecule has 1 heterocycles. The molecule has 2 aromatic rings. The minimum Gasteiger partial charge on any atom is -0.490 e. The van der Waals surface area contributed by atoms with E-state index in [0.717, 1.165) is 4.90 Å². The maximum atomic E-state index is 12.8. The van der Waals surface area contributed by atoms with E-state index in [1.807, 2.05) is 0 Å². The van der Waals surface area contributed by atoms with Crippen molar-refractivity contribution >= 4 is 40.8 Å². The van der Waals surface area contributed by atoms with Crippen molar-refractivity contribution in [3.8, 4) is 5.75 Å². The highest BCUT2D eigenvalue weighted by molar-refractivity contribution is 6.34. The number of halogens is 2. The number of non-ortho nitro benzene ring substituents is 1. The van der Waals surface area contributed by atoms with Crippen molar-refractivity contribution < 1.29 is 19.2 Å². The van der Waals surface area contributed by atoms with Gasteiger partial charge in [-0.1, -0.05) is 23.2 Å². The molecule has 0 spiro atoms. The van der Waals surface area contributed by atoms with Crippen LogP contribution in [0.4, 0.5) is 10.5 Å². The lowest BCUT2D eigenvalue weighted by Crippen LogP contribution is -2.41. The number of nitro groups is 1. The van der Waals surface area contributed by atoms with Gasteiger partial charge in [-0.25, -0.2) is 4.79 Å². The minimum atomic E-state index is -1.32. The highest BCUT2D eigenvalue weighted by Gasteiger charge is 2.48. The van der Waals surface area contributed by atoms with E-state index in [1.165, 1.54) is 30.3 Å². The molecule has 2 aromatic carbocycles. The minimum absolute atomic E-state index is 0.00389. The van der Waals surface area contributed by atoms with Crippen molar-refractivity contribution in [2.75, 3.05) is 13.2 Å². The second kappa shape index (κ2) is 7.65. The topological polar surface area (TPSA) is 102 Å². The first-order valence-corrected chi connectivity index (χ1v) is 8.95. The standard InChI is InChI=1S/C18H15Cl2N3O5/c1-18(11-2-5-13(6-3-11)23(26)27)16(24)22(17(25)21-18)8-9-28-15-10-12(19)4-7-14(15)20/h2-7,10H,8-9H2,1H3,(H,21,25). The van der Waals surface area contributed by atoms with Crippen LogP contribution >= 0.6 is 23.2 Å². The second-order valence-corrected chi connectivity index (χ2v) is 7.08. The molecule has 0 radical (unpaired) electrons. The Hall–Kier alpha value is -2.84. The number of rotatable bonds is 6. The molecule has 0 saturated carbocycles. The molecule has 1 aliphatic heterocycles. The molecule has 0 aromatic heterocycles. The van der Waals surface area contributed by atoms with Crippen LogP contribution in [0.15, 0.2) is 42.5 Å². The molecule has 1 unspecified atom stereocenters. The van der Waals surface area contributed by atoms with Gasteiger partial charge in [0.2, 0.25) is 0 Å². The number of benzene rings is 2. The molecule has 1 atom stereocenters. The summed E-state index contributed by atoms with van der Waals surface area (Å²) in [4.78, 5) is 36.4. The van der Waals surface area contributed by atoms with Crippen LogP contribution in [0.2, 0.25) is 10.0 Å². The number of imide groups is 1. The van der Waals surface area contributed by atoms with E-state index >= 15 is 0 Å². The number of hydrogen-bond acceptors (Lipinski definition) is 5. The van der Waals surface area contributed by atoms with Crippen molar-refractivity contribution in [3.05, 3.63) is 68.2 Å². The fraction of sp³-hybridized carbons (Fsp3) is 0.222. The maximum absolute atomic E-state index is 12.8. The van der Waals surface area contributed by atoms with Gasteiger partial charge in [-0.15, -0.1) is 0 Å². The molecule has 1 fully saturated rings. The Bertz CT molecular complexity index is 951. The third kappa shape index (κ3) is 3.74. The van der Waals surface area contributed by atoms with Crippen LogP contribution in [0.1, 0.15) is 12.5 Å². The van der Waals surface area contributed by atoms with Crippen molar-refractivity contribution in [1.29, 1.82) is 0 Å². The number of hydrogen-bond donors (Lipinski definition) is 1. The van der Waals surface area contributed by atoms with Crippen LogP contribution in [0, 0.1) is 10.1 Å². The summed E-state index contributed by atoms with van der Waals surface area (Å²) >= 11 is 11.9. The molecule has 0 aliphatic carbocycles. The zero-order valence-electron chi connectivity index (χ0n) is 14.6. The number of urea groups is 1. The SMILES string of the molecule is CC1(c2ccc([N+](=O)[O-])cc2)NC(=O)N(CCOc2cc(Cl)ccc2Cl)C1=O. The fourth-order valence-corrected chi connectivity index (χ4v) is 3.18. The molecule has 8 nitrogen and oxygen atoms in total. The summed E-state index contributed by atoms with van der Waals surface area (Å²) in [6, 6.07) is 9.62. The normalized spacial score (nSPS) is 18.9. The lowest BCUT2D eigenvalue weighted by molar-refractivity contribution is -0.384. The smallest absolute Gasteiger partial charge is 0.325 e. The zero-order valence-corrected chi connectivity index (χ0v) is 16.2. The van der Waals surface area contributed by atoms with Gasteiger partial charge in [0.1, 0.15) is 17.9 Å². The van der Waals surface area contributed by atoms with Gasteiger partial charge in [-0.2, -0.15) is 0 Å². The monoisotopic (exact) mass is 423 g/mol. The molecule has 28 heavy (non-hydrogen) atoms. The highest BCUT2D eigenvalue weighted by Crippen LogP contribution is 2.31. The van der Waals surface area contributed by atoms with E-state index in [9.17, 15) is 19.7 Å². The summed E-state index contributed by atoms with van der Waals surface area (Å²) in [7, 11) is 0. The lowest BCUT2D eigenvalue weighted by atomic mass is 9.92. The molecule has 1 aliphatic rings. The first kappa shape index (κ1) is 19.9. The van der Waals surface area contributed by atoms with Gasteiger partial charge >= 0.3 is 6.03 Å². The Labute approximate surface area is 170 Å². The number of amides is 3. The molecule has 3 amide bonds. The van der Waals surface area contributed by atoms with E-state index in [-0.39, 0.29) is 18.8 Å². The summed E-state index contributed by atoms with van der Waals surface area (Å²) < 4.78 is 5.53. The van der Waals surface area contributed by atoms with Gasteiger partial charge in [0, 0.05) is 23.2 Å². The number of nitro benzene ring substituents is 1. The number of carbonyl (C=O) groups is 2. The molecule has 1 saturated heterocycles. The average Bonchev–Trinajstić information content (AvgIpc) is 2.88. The molecule has 0 bridgehead atoms. The molecule has 10 heteroatoms. The average molecular weight is 424 g/mol. The molecule has 146 valence electrons. The number of ether oxygens (including phenoxy) is 1. The Morgan fingerprint density at radius 1 is 1.18 bits per heavy atom. The Kier molecular flexibility index (Phi) is 5.44. The summed E-state index contributed by atoms with van der Waals surface area (Å²) in [5, 5.41) is 14.2. The summed E-state index contributed by atoms with van der Waals surface area (Å²) in [5.74, 6) is -0.133. The van der Waals surface area contributed by atoms with Crippen LogP contribution in [-0.2, 0) is 10.3 Å². The van der Waals surface area contributed by atoms with Crippen LogP contribution in [0.25, 0.3) is 0 Å². The third-order valence-corrected chi connectivity index (χ3v) is 4.94. The number of nitrogens with zero attached hydrogens (tertiary/aromatic N) is 2. The highest BCUT2D eigenvalue weighted by atomic mass is 35.5. The van der Waals surface area contributed by atoms with Gasteiger partial charge in [-0.05, 0) is 36.8 Å². The van der Waals surface area contributed by atoms with Gasteiger partial charge in [0.15, 0.2) is 0 Å². The largest absolute Gasteiger partial charge is 0.490 e. The van der Waals surface area contributed by atoms with Crippen LogP contribution < -0.4 is 10.1 Å². The zero-order chi connectivity index (χ0) is 20.5. The predicted molar refractivity (Wildman–Crippen MR) is 103 cm³/mol. The maximum Gasteiger partial charge on any atom is 0.325 e. The number of carbonyl (C=O) groups excluding carboxylic acids is 2. The van der Waals surface area contributed by atoms with Gasteiger partial charge < -0.3 is 10.1 Å². The second-order valence-electron chi connectivity index (χ2n) is 6.24. The van der Waals surface area contributed by atoms with Crippen molar-refractivity contribution in [2.45, 2.75) is 12.5 Å². The van der Waals surface area contributed by atoms with Gasteiger partial charge in [-0.3, -0.25) is 19.8 Å². The van der Waals surface area contributed by atoms with E-state index < -0.39 is 22.4 Å². The lowest BCUT2D eigenvalue weighted by Gasteiger charge is -2.22. The summed E-state index contributed by atoms with van der Waals surface area (Å²) in [6.45, 7) is 1.56. The third-order valence-electron chi connectivity index (χ3n) is 4.40. The fourth-order valence-electron chi connectivity index (χ4n) is 2.85. The molecular formula is C18H15Cl2N3O5. The van der Waals surface area contributed by atoms with Crippen LogP contribution in [-0.4, -0.2) is 34.9 Å². The van der Waals surface area contributed by atoms with E-state index in [0.29, 0.717) is 21.4 Å². The first-order chi connectivity index (χ1) is 13.2. The molecular weight excluding hydrogens is 409 g/mol. The van der Waals surface area contributed by atoms with Crippen molar-refractivity contribution in [3.63, 3.8) is 0 Å².